The van der Waals surface area contributed by atoms with Crippen LogP contribution in [-0.2, 0) is 11.3 Å². The second-order valence-corrected chi connectivity index (χ2v) is 8.93. The van der Waals surface area contributed by atoms with E-state index in [0.717, 1.165) is 16.2 Å². The van der Waals surface area contributed by atoms with Crippen LogP contribution in [0.25, 0.3) is 11.0 Å². The van der Waals surface area contributed by atoms with Crippen LogP contribution in [0.2, 0.25) is 0 Å². The number of amides is 1. The first-order valence-electron chi connectivity index (χ1n) is 11.3. The highest BCUT2D eigenvalue weighted by Gasteiger charge is 2.14. The van der Waals surface area contributed by atoms with Crippen LogP contribution in [0, 0.1) is 6.92 Å². The van der Waals surface area contributed by atoms with Gasteiger partial charge in [-0.3, -0.25) is 4.79 Å². The highest BCUT2D eigenvalue weighted by atomic mass is 32.2. The van der Waals surface area contributed by atoms with E-state index in [0.29, 0.717) is 29.4 Å². The number of imidazole rings is 1. The number of thioether (sulfide) groups is 1. The molecule has 0 unspecified atom stereocenters. The predicted molar refractivity (Wildman–Crippen MR) is 143 cm³/mol. The molecule has 0 aliphatic carbocycles. The maximum Gasteiger partial charge on any atom is 0.250 e. The zero-order chi connectivity index (χ0) is 25.5. The van der Waals surface area contributed by atoms with Crippen molar-refractivity contribution in [3.05, 3.63) is 77.4 Å². The van der Waals surface area contributed by atoms with E-state index >= 15 is 0 Å². The maximum absolute atomic E-state index is 12.5. The first-order valence-corrected chi connectivity index (χ1v) is 12.3. The van der Waals surface area contributed by atoms with E-state index in [1.54, 1.807) is 33.5 Å². The van der Waals surface area contributed by atoms with Gasteiger partial charge in [0.05, 0.1) is 50.9 Å². The van der Waals surface area contributed by atoms with Gasteiger partial charge < -0.3 is 18.8 Å². The van der Waals surface area contributed by atoms with Crippen LogP contribution in [0.4, 0.5) is 0 Å². The summed E-state index contributed by atoms with van der Waals surface area (Å²) in [5.74, 6) is 1.54. The van der Waals surface area contributed by atoms with Crippen molar-refractivity contribution in [1.82, 2.24) is 15.0 Å². The number of hydrogen-bond acceptors (Lipinski definition) is 7. The van der Waals surface area contributed by atoms with Gasteiger partial charge in [0.1, 0.15) is 5.75 Å². The summed E-state index contributed by atoms with van der Waals surface area (Å²) in [5.41, 5.74) is 7.52. The third-order valence-corrected chi connectivity index (χ3v) is 6.52. The van der Waals surface area contributed by atoms with E-state index in [-0.39, 0.29) is 11.7 Å². The first kappa shape index (κ1) is 25.1. The van der Waals surface area contributed by atoms with Crippen LogP contribution in [0.1, 0.15) is 16.7 Å². The summed E-state index contributed by atoms with van der Waals surface area (Å²) in [6.07, 6.45) is 1.51. The SMILES string of the molecule is COc1cc(OC)c(OC)cc1/C=N/NC(=O)CSc1nc2ccccc2n1Cc1ccc(C)cc1. The minimum Gasteiger partial charge on any atom is -0.496 e. The Bertz CT molecular complexity index is 1380. The van der Waals surface area contributed by atoms with Crippen molar-refractivity contribution in [2.75, 3.05) is 27.1 Å². The van der Waals surface area contributed by atoms with Gasteiger partial charge in [-0.2, -0.15) is 5.10 Å². The minimum atomic E-state index is -0.246. The number of aryl methyl sites for hydroxylation is 1. The van der Waals surface area contributed by atoms with Gasteiger partial charge in [0.2, 0.25) is 0 Å². The largest absolute Gasteiger partial charge is 0.496 e. The van der Waals surface area contributed by atoms with E-state index in [1.807, 2.05) is 24.3 Å². The predicted octanol–water partition coefficient (Wildman–Crippen LogP) is 4.66. The fourth-order valence-corrected chi connectivity index (χ4v) is 4.49. The van der Waals surface area contributed by atoms with E-state index in [4.69, 9.17) is 19.2 Å². The molecule has 36 heavy (non-hydrogen) atoms. The number of ether oxygens (including phenoxy) is 3. The molecule has 0 radical (unpaired) electrons. The molecule has 4 rings (SSSR count). The van der Waals surface area contributed by atoms with Gasteiger partial charge in [0.15, 0.2) is 16.7 Å². The third kappa shape index (κ3) is 5.80. The molecule has 0 fully saturated rings. The minimum absolute atomic E-state index is 0.164. The van der Waals surface area contributed by atoms with Gasteiger partial charge in [-0.1, -0.05) is 53.7 Å². The Morgan fingerprint density at radius 1 is 1.00 bits per heavy atom. The van der Waals surface area contributed by atoms with E-state index in [1.165, 1.54) is 29.1 Å². The van der Waals surface area contributed by atoms with Crippen LogP contribution >= 0.6 is 11.8 Å². The smallest absolute Gasteiger partial charge is 0.250 e. The molecule has 3 aromatic carbocycles. The fourth-order valence-electron chi connectivity index (χ4n) is 3.68. The molecule has 9 heteroatoms. The van der Waals surface area contributed by atoms with E-state index in [9.17, 15) is 4.79 Å². The van der Waals surface area contributed by atoms with Gasteiger partial charge in [-0.15, -0.1) is 0 Å². The number of hydrogen-bond donors (Lipinski definition) is 1. The van der Waals surface area contributed by atoms with Crippen molar-refractivity contribution in [1.29, 1.82) is 0 Å². The quantitative estimate of drug-likeness (QED) is 0.192. The summed E-state index contributed by atoms with van der Waals surface area (Å²) in [6.45, 7) is 2.74. The molecule has 0 aliphatic rings. The standard InChI is InChI=1S/C27H28N4O4S/c1-18-9-11-19(12-10-18)16-31-22-8-6-5-7-21(22)29-27(31)36-17-26(32)30-28-15-20-13-24(34-3)25(35-4)14-23(20)33-2/h5-15H,16-17H2,1-4H3,(H,30,32)/b28-15+. The van der Waals surface area contributed by atoms with Crippen LogP contribution in [0.5, 0.6) is 17.2 Å². The fraction of sp³-hybridized carbons (Fsp3) is 0.222. The second-order valence-electron chi connectivity index (χ2n) is 7.99. The molecule has 1 N–H and O–H groups in total. The number of carbonyl (C=O) groups is 1. The van der Waals surface area contributed by atoms with E-state index in [2.05, 4.69) is 46.3 Å². The molecule has 4 aromatic rings. The molecular formula is C27H28N4O4S. The van der Waals surface area contributed by atoms with Gasteiger partial charge in [-0.25, -0.2) is 10.4 Å². The lowest BCUT2D eigenvalue weighted by molar-refractivity contribution is -0.118. The molecule has 8 nitrogen and oxygen atoms in total. The highest BCUT2D eigenvalue weighted by molar-refractivity contribution is 7.99. The van der Waals surface area contributed by atoms with Crippen molar-refractivity contribution in [3.8, 4) is 17.2 Å². The second kappa shape index (κ2) is 11.6. The lowest BCUT2D eigenvalue weighted by Gasteiger charge is -2.11. The summed E-state index contributed by atoms with van der Waals surface area (Å²) in [7, 11) is 4.66. The summed E-state index contributed by atoms with van der Waals surface area (Å²) in [5, 5.41) is 4.87. The number of hydrazone groups is 1. The normalized spacial score (nSPS) is 11.1. The number of methoxy groups -OCH3 is 3. The Morgan fingerprint density at radius 2 is 1.69 bits per heavy atom. The van der Waals surface area contributed by atoms with Crippen LogP contribution in [0.3, 0.4) is 0 Å². The topological polar surface area (TPSA) is 87.0 Å². The zero-order valence-electron chi connectivity index (χ0n) is 20.6. The lowest BCUT2D eigenvalue weighted by Crippen LogP contribution is -2.20. The molecule has 1 aromatic heterocycles. The van der Waals surface area contributed by atoms with Crippen molar-refractivity contribution in [3.63, 3.8) is 0 Å². The Balaban J connectivity index is 1.45. The zero-order valence-corrected chi connectivity index (χ0v) is 21.5. The van der Waals surface area contributed by atoms with E-state index < -0.39 is 0 Å². The summed E-state index contributed by atoms with van der Waals surface area (Å²) in [4.78, 5) is 17.3. The lowest BCUT2D eigenvalue weighted by atomic mass is 10.1. The molecule has 186 valence electrons. The van der Waals surface area contributed by atoms with Crippen molar-refractivity contribution < 1.29 is 19.0 Å². The molecular weight excluding hydrogens is 476 g/mol. The van der Waals surface area contributed by atoms with Gasteiger partial charge >= 0.3 is 0 Å². The molecule has 0 saturated heterocycles. The summed E-state index contributed by atoms with van der Waals surface area (Å²) in [6, 6.07) is 19.8. The molecule has 0 saturated carbocycles. The maximum atomic E-state index is 12.5. The van der Waals surface area contributed by atoms with Crippen molar-refractivity contribution in [2.24, 2.45) is 5.10 Å². The third-order valence-electron chi connectivity index (χ3n) is 5.54. The average molecular weight is 505 g/mol. The Morgan fingerprint density at radius 3 is 2.42 bits per heavy atom. The first-order chi connectivity index (χ1) is 17.5. The molecule has 0 bridgehead atoms. The van der Waals surface area contributed by atoms with Gasteiger partial charge in [0, 0.05) is 11.6 Å². The monoisotopic (exact) mass is 504 g/mol. The Kier molecular flexibility index (Phi) is 8.12. The number of para-hydroxylation sites is 2. The highest BCUT2D eigenvalue weighted by Crippen LogP contribution is 2.33. The molecule has 0 aliphatic heterocycles. The van der Waals surface area contributed by atoms with Crippen LogP contribution < -0.4 is 19.6 Å². The number of rotatable bonds is 10. The summed E-state index contributed by atoms with van der Waals surface area (Å²) >= 11 is 1.37. The van der Waals surface area contributed by atoms with Crippen LogP contribution in [-0.4, -0.2) is 48.8 Å². The number of fused-ring (bicyclic) bond motifs is 1. The van der Waals surface area contributed by atoms with Gasteiger partial charge in [0.25, 0.3) is 5.91 Å². The molecule has 1 heterocycles. The number of nitrogens with zero attached hydrogens (tertiary/aromatic N) is 3. The molecule has 1 amide bonds. The van der Waals surface area contributed by atoms with Gasteiger partial charge in [-0.05, 0) is 30.7 Å². The molecule has 0 spiro atoms. The average Bonchev–Trinajstić information content (AvgIpc) is 3.25. The summed E-state index contributed by atoms with van der Waals surface area (Å²) < 4.78 is 18.2. The number of aromatic nitrogens is 2. The number of benzene rings is 3. The van der Waals surface area contributed by atoms with Crippen molar-refractivity contribution in [2.45, 2.75) is 18.6 Å². The number of nitrogens with one attached hydrogen (secondary N) is 1. The van der Waals surface area contributed by atoms with Crippen LogP contribution in [0.15, 0.2) is 70.9 Å². The Hall–Kier alpha value is -3.98. The number of carbonyl (C=O) groups excluding carboxylic acids is 1. The van der Waals surface area contributed by atoms with Crippen molar-refractivity contribution >= 4 is 34.9 Å². The molecule has 0 atom stereocenters. The Labute approximate surface area is 214 Å².